The number of aromatic hydroxyl groups is 1. The number of phenolic OH excluding ortho intramolecular Hbond substituents is 1. The molecule has 0 radical (unpaired) electrons. The van der Waals surface area contributed by atoms with Crippen molar-refractivity contribution < 1.29 is 29.4 Å². The molecule has 11 nitrogen and oxygen atoms in total. The van der Waals surface area contributed by atoms with Gasteiger partial charge in [0, 0.05) is 11.1 Å². The van der Waals surface area contributed by atoms with Crippen molar-refractivity contribution in [3.63, 3.8) is 0 Å². The van der Waals surface area contributed by atoms with Gasteiger partial charge in [0.1, 0.15) is 28.4 Å². The van der Waals surface area contributed by atoms with Crippen LogP contribution in [0.25, 0.3) is 21.0 Å². The van der Waals surface area contributed by atoms with Crippen LogP contribution >= 0.6 is 23.1 Å². The predicted molar refractivity (Wildman–Crippen MR) is 128 cm³/mol. The quantitative estimate of drug-likeness (QED) is 0.296. The molecule has 0 spiro atoms. The van der Waals surface area contributed by atoms with Gasteiger partial charge in [-0.15, -0.1) is 23.1 Å². The molecule has 3 aromatic rings. The lowest BCUT2D eigenvalue weighted by Gasteiger charge is -2.08. The van der Waals surface area contributed by atoms with E-state index < -0.39 is 42.8 Å². The number of carbonyl (C=O) groups excluding carboxylic acids is 3. The van der Waals surface area contributed by atoms with Gasteiger partial charge in [-0.25, -0.2) is 4.98 Å². The maximum absolute atomic E-state index is 12.4. The maximum Gasteiger partial charge on any atom is 0.322 e. The Kier molecular flexibility index (Phi) is 6.93. The Morgan fingerprint density at radius 2 is 1.74 bits per heavy atom. The molecule has 1 aliphatic rings. The number of carbonyl (C=O) groups is 4. The third kappa shape index (κ3) is 5.43. The van der Waals surface area contributed by atoms with E-state index in [1.165, 1.54) is 23.1 Å². The largest absolute Gasteiger partial charge is 0.508 e. The smallest absolute Gasteiger partial charge is 0.322 e. The van der Waals surface area contributed by atoms with Gasteiger partial charge < -0.3 is 26.2 Å². The van der Waals surface area contributed by atoms with E-state index in [0.717, 1.165) is 21.0 Å². The number of fused-ring (bicyclic) bond motifs is 3. The van der Waals surface area contributed by atoms with Gasteiger partial charge in [0.25, 0.3) is 0 Å². The van der Waals surface area contributed by atoms with Gasteiger partial charge in [-0.2, -0.15) is 0 Å². The van der Waals surface area contributed by atoms with Crippen molar-refractivity contribution in [1.29, 1.82) is 0 Å². The van der Waals surface area contributed by atoms with Crippen molar-refractivity contribution in [1.82, 2.24) is 20.9 Å². The number of carboxylic acids is 1. The van der Waals surface area contributed by atoms with Gasteiger partial charge in [0.15, 0.2) is 0 Å². The molecule has 0 fully saturated rings. The first-order valence-corrected chi connectivity index (χ1v) is 11.9. The molecular formula is C21H19N5O6S2. The van der Waals surface area contributed by atoms with Crippen LogP contribution in [0.3, 0.4) is 0 Å². The first kappa shape index (κ1) is 23.4. The molecule has 5 N–H and O–H groups in total. The fraction of sp³-hybridized carbons (Fsp3) is 0.238. The summed E-state index contributed by atoms with van der Waals surface area (Å²) in [6.07, 6.45) is 0. The van der Waals surface area contributed by atoms with Gasteiger partial charge in [0.2, 0.25) is 17.7 Å². The summed E-state index contributed by atoms with van der Waals surface area (Å²) in [5, 5.41) is 28.3. The molecule has 34 heavy (non-hydrogen) atoms. The number of carboxylic acid groups (broad SMARTS) is 1. The minimum Gasteiger partial charge on any atom is -0.508 e. The number of benzene rings is 2. The van der Waals surface area contributed by atoms with Gasteiger partial charge in [-0.05, 0) is 29.7 Å². The number of aliphatic carboxylic acids is 1. The molecule has 2 aromatic carbocycles. The average Bonchev–Trinajstić information content (AvgIpc) is 3.47. The molecule has 0 bridgehead atoms. The lowest BCUT2D eigenvalue weighted by Crippen LogP contribution is -2.44. The van der Waals surface area contributed by atoms with Crippen LogP contribution in [0.1, 0.15) is 5.01 Å². The van der Waals surface area contributed by atoms with E-state index in [4.69, 9.17) is 5.11 Å². The molecule has 2 heterocycles. The molecule has 1 aliphatic heterocycles. The van der Waals surface area contributed by atoms with Gasteiger partial charge in [0.05, 0.1) is 23.3 Å². The zero-order valence-corrected chi connectivity index (χ0v) is 19.2. The topological polar surface area (TPSA) is 170 Å². The summed E-state index contributed by atoms with van der Waals surface area (Å²) in [5.74, 6) is -2.25. The van der Waals surface area contributed by atoms with Crippen molar-refractivity contribution in [3.05, 3.63) is 35.3 Å². The van der Waals surface area contributed by atoms with Crippen LogP contribution < -0.4 is 16.0 Å². The van der Waals surface area contributed by atoms with E-state index in [1.807, 2.05) is 18.2 Å². The Morgan fingerprint density at radius 1 is 1.00 bits per heavy atom. The Labute approximate surface area is 200 Å². The second-order valence-electron chi connectivity index (χ2n) is 7.26. The Balaban J connectivity index is 1.34. The van der Waals surface area contributed by atoms with Crippen LogP contribution in [0.2, 0.25) is 0 Å². The van der Waals surface area contributed by atoms with Crippen LogP contribution in [-0.2, 0) is 19.2 Å². The second kappa shape index (κ2) is 10.1. The molecule has 13 heteroatoms. The number of nitrogens with one attached hydrogen (secondary N) is 3. The summed E-state index contributed by atoms with van der Waals surface area (Å²) in [6.45, 7) is -1.27. The highest BCUT2D eigenvalue weighted by Gasteiger charge is 2.27. The highest BCUT2D eigenvalue weighted by Crippen LogP contribution is 2.35. The molecule has 1 aromatic heterocycles. The highest BCUT2D eigenvalue weighted by atomic mass is 32.2. The monoisotopic (exact) mass is 501 g/mol. The van der Waals surface area contributed by atoms with Gasteiger partial charge >= 0.3 is 5.97 Å². The van der Waals surface area contributed by atoms with Crippen LogP contribution in [-0.4, -0.2) is 75.4 Å². The number of hydrogen-bond acceptors (Lipinski definition) is 9. The van der Waals surface area contributed by atoms with Crippen molar-refractivity contribution in [3.8, 4) is 5.75 Å². The molecular weight excluding hydrogens is 482 g/mol. The van der Waals surface area contributed by atoms with E-state index in [2.05, 4.69) is 25.9 Å². The molecule has 0 saturated carbocycles. The minimum absolute atomic E-state index is 0.191. The molecule has 0 aliphatic carbocycles. The van der Waals surface area contributed by atoms with E-state index in [1.54, 1.807) is 12.1 Å². The molecule has 1 atom stereocenters. The van der Waals surface area contributed by atoms with Crippen molar-refractivity contribution in [2.45, 2.75) is 6.04 Å². The summed E-state index contributed by atoms with van der Waals surface area (Å²) in [7, 11) is 0. The Bertz CT molecular complexity index is 1340. The minimum atomic E-state index is -1.19. The normalized spacial score (nSPS) is 15.2. The number of aliphatic imine (C=N–C) groups is 1. The van der Waals surface area contributed by atoms with Crippen LogP contribution in [0.15, 0.2) is 35.3 Å². The predicted octanol–water partition coefficient (Wildman–Crippen LogP) is 0.450. The lowest BCUT2D eigenvalue weighted by molar-refractivity contribution is -0.137. The van der Waals surface area contributed by atoms with Gasteiger partial charge in [-0.3, -0.25) is 24.2 Å². The molecule has 4 rings (SSSR count). The average molecular weight is 502 g/mol. The number of hydrogen-bond donors (Lipinski definition) is 5. The van der Waals surface area contributed by atoms with Gasteiger partial charge in [-0.1, -0.05) is 6.07 Å². The summed E-state index contributed by atoms with van der Waals surface area (Å²) in [6, 6.07) is 8.25. The zero-order valence-electron chi connectivity index (χ0n) is 17.5. The number of rotatable bonds is 8. The van der Waals surface area contributed by atoms with Crippen molar-refractivity contribution in [2.75, 3.05) is 25.4 Å². The third-order valence-corrected chi connectivity index (χ3v) is 7.09. The number of aromatic nitrogens is 1. The van der Waals surface area contributed by atoms with E-state index in [-0.39, 0.29) is 12.3 Å². The fourth-order valence-electron chi connectivity index (χ4n) is 3.18. The standard InChI is InChI=1S/C21H19N5O6S2/c27-11-2-3-12-10(5-11)1-4-13-18(12)34-21(25-13)20-26-14(9-33-20)19(32)24-7-16(29)22-6-15(28)23-8-17(30)31/h1-5,14,27H,6-9H2,(H,22,29)(H,23,28)(H,24,32)(H,30,31). The number of thioether (sulfide) groups is 1. The molecule has 1 unspecified atom stereocenters. The number of phenols is 1. The molecule has 176 valence electrons. The van der Waals surface area contributed by atoms with Crippen molar-refractivity contribution in [2.24, 2.45) is 4.99 Å². The van der Waals surface area contributed by atoms with Crippen LogP contribution in [0, 0.1) is 0 Å². The highest BCUT2D eigenvalue weighted by molar-refractivity contribution is 8.15. The number of amides is 3. The summed E-state index contributed by atoms with van der Waals surface area (Å²) >= 11 is 2.87. The molecule has 0 saturated heterocycles. The summed E-state index contributed by atoms with van der Waals surface area (Å²) < 4.78 is 0.966. The summed E-state index contributed by atoms with van der Waals surface area (Å²) in [5.41, 5.74) is 0.804. The molecule has 3 amide bonds. The third-order valence-electron chi connectivity index (χ3n) is 4.80. The fourth-order valence-corrected chi connectivity index (χ4v) is 5.39. The number of nitrogens with zero attached hydrogens (tertiary/aromatic N) is 2. The SMILES string of the molecule is O=C(O)CNC(=O)CNC(=O)CNC(=O)C1CSC(c2nc3ccc4cc(O)ccc4c3s2)=N1. The Morgan fingerprint density at radius 3 is 2.50 bits per heavy atom. The maximum atomic E-state index is 12.4. The first-order valence-electron chi connectivity index (χ1n) is 10.1. The van der Waals surface area contributed by atoms with E-state index >= 15 is 0 Å². The van der Waals surface area contributed by atoms with Crippen molar-refractivity contribution >= 4 is 72.8 Å². The zero-order chi connectivity index (χ0) is 24.2. The van der Waals surface area contributed by atoms with E-state index in [0.29, 0.717) is 15.8 Å². The Hall–Kier alpha value is -3.71. The second-order valence-corrected chi connectivity index (χ2v) is 9.27. The lowest BCUT2D eigenvalue weighted by atomic mass is 10.1. The van der Waals surface area contributed by atoms with Crippen LogP contribution in [0.4, 0.5) is 0 Å². The number of thiazole rings is 1. The van der Waals surface area contributed by atoms with Crippen LogP contribution in [0.5, 0.6) is 5.75 Å². The van der Waals surface area contributed by atoms with E-state index in [9.17, 15) is 24.3 Å². The summed E-state index contributed by atoms with van der Waals surface area (Å²) in [4.78, 5) is 55.2. The first-order chi connectivity index (χ1) is 16.3.